The fourth-order valence-electron chi connectivity index (χ4n) is 4.23. The van der Waals surface area contributed by atoms with E-state index in [1.165, 1.54) is 12.1 Å². The molecule has 0 aliphatic carbocycles. The molecule has 0 saturated carbocycles. The molecule has 3 aromatic rings. The standard InChI is InChI=1S/C23H21F3N2O2/c24-23(25,26)19-8-6-15(7-9-19)21(28-12-2-1-3-20(28)22(29)30)17-4-5-18-14-27-11-10-16(18)13-17/h4-11,13-14,20-21H,1-3,12H2,(H,29,30). The Morgan fingerprint density at radius 1 is 1.03 bits per heavy atom. The lowest BCUT2D eigenvalue weighted by Crippen LogP contribution is -2.46. The number of fused-ring (bicyclic) bond motifs is 1. The van der Waals surface area contributed by atoms with Crippen LogP contribution in [0.15, 0.2) is 60.9 Å². The van der Waals surface area contributed by atoms with Crippen molar-refractivity contribution < 1.29 is 23.1 Å². The van der Waals surface area contributed by atoms with Crippen LogP contribution in [0.1, 0.15) is 42.0 Å². The van der Waals surface area contributed by atoms with Crippen molar-refractivity contribution in [3.05, 3.63) is 77.6 Å². The van der Waals surface area contributed by atoms with Crippen LogP contribution >= 0.6 is 0 Å². The summed E-state index contributed by atoms with van der Waals surface area (Å²) in [6.45, 7) is 0.567. The zero-order valence-electron chi connectivity index (χ0n) is 16.1. The second-order valence-electron chi connectivity index (χ2n) is 7.59. The predicted octanol–water partition coefficient (Wildman–Crippen LogP) is 5.28. The zero-order chi connectivity index (χ0) is 21.3. The molecule has 0 spiro atoms. The number of alkyl halides is 3. The van der Waals surface area contributed by atoms with E-state index < -0.39 is 29.8 Å². The van der Waals surface area contributed by atoms with E-state index in [1.807, 2.05) is 29.2 Å². The van der Waals surface area contributed by atoms with Gasteiger partial charge in [0, 0.05) is 17.8 Å². The van der Waals surface area contributed by atoms with Gasteiger partial charge in [0.05, 0.1) is 11.6 Å². The Hall–Kier alpha value is -2.93. The van der Waals surface area contributed by atoms with Gasteiger partial charge in [0.1, 0.15) is 6.04 Å². The molecule has 1 aliphatic heterocycles. The summed E-state index contributed by atoms with van der Waals surface area (Å²) in [6.07, 6.45) is 1.19. The molecular weight excluding hydrogens is 393 g/mol. The molecule has 156 valence electrons. The number of likely N-dealkylation sites (tertiary alicyclic amines) is 1. The molecule has 4 rings (SSSR count). The number of carbonyl (C=O) groups is 1. The van der Waals surface area contributed by atoms with Gasteiger partial charge in [-0.25, -0.2) is 0 Å². The summed E-state index contributed by atoms with van der Waals surface area (Å²) in [6, 6.07) is 11.6. The van der Waals surface area contributed by atoms with Crippen molar-refractivity contribution in [3.63, 3.8) is 0 Å². The number of benzene rings is 2. The number of aromatic nitrogens is 1. The lowest BCUT2D eigenvalue weighted by molar-refractivity contribution is -0.145. The van der Waals surface area contributed by atoms with Gasteiger partial charge in [-0.2, -0.15) is 13.2 Å². The highest BCUT2D eigenvalue weighted by Gasteiger charge is 2.36. The van der Waals surface area contributed by atoms with Crippen LogP contribution in [-0.2, 0) is 11.0 Å². The van der Waals surface area contributed by atoms with Crippen LogP contribution in [0.2, 0.25) is 0 Å². The van der Waals surface area contributed by atoms with Crippen molar-refractivity contribution in [1.29, 1.82) is 0 Å². The second kappa shape index (κ2) is 8.07. The predicted molar refractivity (Wildman–Crippen MR) is 107 cm³/mol. The van der Waals surface area contributed by atoms with Crippen molar-refractivity contribution in [2.75, 3.05) is 6.54 Å². The summed E-state index contributed by atoms with van der Waals surface area (Å²) in [5, 5.41) is 11.7. The lowest BCUT2D eigenvalue weighted by Gasteiger charge is -2.39. The molecule has 2 aromatic carbocycles. The third-order valence-electron chi connectivity index (χ3n) is 5.70. The normalized spacial score (nSPS) is 19.0. The van der Waals surface area contributed by atoms with Gasteiger partial charge < -0.3 is 5.11 Å². The number of carboxylic acid groups (broad SMARTS) is 1. The third kappa shape index (κ3) is 4.03. The van der Waals surface area contributed by atoms with Crippen molar-refractivity contribution in [1.82, 2.24) is 9.88 Å². The van der Waals surface area contributed by atoms with E-state index in [0.29, 0.717) is 18.5 Å². The number of piperidine rings is 1. The molecule has 1 saturated heterocycles. The number of pyridine rings is 1. The molecule has 0 amide bonds. The topological polar surface area (TPSA) is 53.4 Å². The largest absolute Gasteiger partial charge is 0.480 e. The average molecular weight is 414 g/mol. The van der Waals surface area contributed by atoms with Crippen molar-refractivity contribution >= 4 is 16.7 Å². The minimum absolute atomic E-state index is 0.453. The van der Waals surface area contributed by atoms with Gasteiger partial charge in [-0.1, -0.05) is 30.7 Å². The highest BCUT2D eigenvalue weighted by molar-refractivity contribution is 5.82. The van der Waals surface area contributed by atoms with Crippen LogP contribution < -0.4 is 0 Å². The highest BCUT2D eigenvalue weighted by Crippen LogP contribution is 2.37. The first-order valence-electron chi connectivity index (χ1n) is 9.84. The summed E-state index contributed by atoms with van der Waals surface area (Å²) >= 11 is 0. The Labute approximate surface area is 172 Å². The average Bonchev–Trinajstić information content (AvgIpc) is 2.74. The maximum Gasteiger partial charge on any atom is 0.416 e. The Kier molecular flexibility index (Phi) is 5.47. The van der Waals surface area contributed by atoms with Crippen LogP contribution in [-0.4, -0.2) is 33.5 Å². The fourth-order valence-corrected chi connectivity index (χ4v) is 4.23. The van der Waals surface area contributed by atoms with Gasteiger partial charge in [-0.05, 0) is 60.2 Å². The van der Waals surface area contributed by atoms with E-state index in [9.17, 15) is 23.1 Å². The molecule has 1 fully saturated rings. The minimum Gasteiger partial charge on any atom is -0.480 e. The molecular formula is C23H21F3N2O2. The van der Waals surface area contributed by atoms with E-state index in [2.05, 4.69) is 4.98 Å². The number of nitrogens with zero attached hydrogens (tertiary/aromatic N) is 2. The number of aliphatic carboxylic acids is 1. The molecule has 2 atom stereocenters. The summed E-state index contributed by atoms with van der Waals surface area (Å²) in [5.41, 5.74) is 0.772. The van der Waals surface area contributed by atoms with Crippen LogP contribution in [0, 0.1) is 0 Å². The summed E-state index contributed by atoms with van der Waals surface area (Å²) in [5.74, 6) is -0.906. The van der Waals surface area contributed by atoms with E-state index in [0.717, 1.165) is 41.3 Å². The monoisotopic (exact) mass is 414 g/mol. The van der Waals surface area contributed by atoms with E-state index >= 15 is 0 Å². The van der Waals surface area contributed by atoms with Crippen LogP contribution in [0.25, 0.3) is 10.8 Å². The van der Waals surface area contributed by atoms with Gasteiger partial charge in [0.25, 0.3) is 0 Å². The van der Waals surface area contributed by atoms with Gasteiger partial charge in [0.15, 0.2) is 0 Å². The quantitative estimate of drug-likeness (QED) is 0.631. The Balaban J connectivity index is 1.82. The first-order chi connectivity index (χ1) is 14.3. The minimum atomic E-state index is -4.42. The molecule has 1 aliphatic rings. The highest BCUT2D eigenvalue weighted by atomic mass is 19.4. The summed E-state index contributed by atoms with van der Waals surface area (Å²) < 4.78 is 39.1. The first-order valence-corrected chi connectivity index (χ1v) is 9.84. The smallest absolute Gasteiger partial charge is 0.416 e. The molecule has 2 unspecified atom stereocenters. The molecule has 0 bridgehead atoms. The molecule has 2 heterocycles. The maximum atomic E-state index is 13.0. The van der Waals surface area contributed by atoms with E-state index in [1.54, 1.807) is 12.4 Å². The van der Waals surface area contributed by atoms with Crippen LogP contribution in [0.5, 0.6) is 0 Å². The molecule has 4 nitrogen and oxygen atoms in total. The summed E-state index contributed by atoms with van der Waals surface area (Å²) in [4.78, 5) is 17.9. The van der Waals surface area contributed by atoms with E-state index in [-0.39, 0.29) is 0 Å². The Bertz CT molecular complexity index is 1050. The van der Waals surface area contributed by atoms with Gasteiger partial charge >= 0.3 is 12.1 Å². The first kappa shape index (κ1) is 20.3. The Morgan fingerprint density at radius 2 is 1.77 bits per heavy atom. The second-order valence-corrected chi connectivity index (χ2v) is 7.59. The van der Waals surface area contributed by atoms with Gasteiger partial charge in [-0.3, -0.25) is 14.7 Å². The number of carboxylic acids is 1. The third-order valence-corrected chi connectivity index (χ3v) is 5.70. The number of hydrogen-bond acceptors (Lipinski definition) is 3. The van der Waals surface area contributed by atoms with E-state index in [4.69, 9.17) is 0 Å². The lowest BCUT2D eigenvalue weighted by atomic mass is 9.90. The van der Waals surface area contributed by atoms with Gasteiger partial charge in [-0.15, -0.1) is 0 Å². The number of rotatable bonds is 4. The van der Waals surface area contributed by atoms with Crippen molar-refractivity contribution in [3.8, 4) is 0 Å². The molecule has 7 heteroatoms. The maximum absolute atomic E-state index is 13.0. The SMILES string of the molecule is O=C(O)C1CCCCN1C(c1ccc(C(F)(F)F)cc1)c1ccc2cnccc2c1. The Morgan fingerprint density at radius 3 is 2.47 bits per heavy atom. The summed E-state index contributed by atoms with van der Waals surface area (Å²) in [7, 11) is 0. The molecule has 1 N–H and O–H groups in total. The zero-order valence-corrected chi connectivity index (χ0v) is 16.1. The van der Waals surface area contributed by atoms with Crippen LogP contribution in [0.4, 0.5) is 13.2 Å². The van der Waals surface area contributed by atoms with Crippen molar-refractivity contribution in [2.24, 2.45) is 0 Å². The fraction of sp³-hybridized carbons (Fsp3) is 0.304. The molecule has 0 radical (unpaired) electrons. The van der Waals surface area contributed by atoms with Gasteiger partial charge in [0.2, 0.25) is 0 Å². The van der Waals surface area contributed by atoms with Crippen molar-refractivity contribution in [2.45, 2.75) is 37.5 Å². The number of hydrogen-bond donors (Lipinski definition) is 1. The molecule has 1 aromatic heterocycles. The molecule has 30 heavy (non-hydrogen) atoms. The van der Waals surface area contributed by atoms with Crippen LogP contribution in [0.3, 0.4) is 0 Å². The number of halogens is 3.